The van der Waals surface area contributed by atoms with E-state index in [0.717, 1.165) is 5.92 Å². The van der Waals surface area contributed by atoms with Crippen LogP contribution in [-0.2, 0) is 6.42 Å². The van der Waals surface area contributed by atoms with E-state index in [1.807, 2.05) is 0 Å². The van der Waals surface area contributed by atoms with Gasteiger partial charge >= 0.3 is 0 Å². The third kappa shape index (κ3) is 11.2. The molecule has 0 aliphatic carbocycles. The SMILES string of the molecule is CCCCCCCCC(CCCCCC)Cc1ccc(I)cc1. The molecular formula is C22H37I. The second-order valence-corrected chi connectivity index (χ2v) is 8.35. The average Bonchev–Trinajstić information content (AvgIpc) is 2.56. The molecule has 1 atom stereocenters. The summed E-state index contributed by atoms with van der Waals surface area (Å²) in [5.41, 5.74) is 1.54. The van der Waals surface area contributed by atoms with E-state index in [2.05, 4.69) is 60.7 Å². The first-order valence-electron chi connectivity index (χ1n) is 10.0. The molecule has 0 nitrogen and oxygen atoms in total. The summed E-state index contributed by atoms with van der Waals surface area (Å²) in [6, 6.07) is 9.19. The van der Waals surface area contributed by atoms with Gasteiger partial charge in [-0.1, -0.05) is 103 Å². The molecule has 0 N–H and O–H groups in total. The molecular weight excluding hydrogens is 391 g/mol. The van der Waals surface area contributed by atoms with Gasteiger partial charge in [0.1, 0.15) is 0 Å². The minimum atomic E-state index is 0.901. The van der Waals surface area contributed by atoms with Gasteiger partial charge in [0.2, 0.25) is 0 Å². The van der Waals surface area contributed by atoms with Crippen molar-refractivity contribution in [2.75, 3.05) is 0 Å². The fourth-order valence-corrected chi connectivity index (χ4v) is 3.73. The van der Waals surface area contributed by atoms with Gasteiger partial charge in [-0.25, -0.2) is 0 Å². The topological polar surface area (TPSA) is 0 Å². The molecule has 132 valence electrons. The van der Waals surface area contributed by atoms with Crippen LogP contribution in [0.4, 0.5) is 0 Å². The highest BCUT2D eigenvalue weighted by Gasteiger charge is 2.10. The molecule has 1 heteroatoms. The monoisotopic (exact) mass is 428 g/mol. The van der Waals surface area contributed by atoms with Gasteiger partial charge in [-0.2, -0.15) is 0 Å². The second-order valence-electron chi connectivity index (χ2n) is 7.10. The van der Waals surface area contributed by atoms with Gasteiger partial charge in [0.25, 0.3) is 0 Å². The van der Waals surface area contributed by atoms with Gasteiger partial charge < -0.3 is 0 Å². The first-order chi connectivity index (χ1) is 11.3. The largest absolute Gasteiger partial charge is 0.0654 e. The zero-order valence-corrected chi connectivity index (χ0v) is 17.6. The molecule has 0 saturated heterocycles. The van der Waals surface area contributed by atoms with Crippen molar-refractivity contribution in [1.29, 1.82) is 0 Å². The highest BCUT2D eigenvalue weighted by atomic mass is 127. The molecule has 1 aromatic rings. The molecule has 0 spiro atoms. The third-order valence-corrected chi connectivity index (χ3v) is 5.59. The lowest BCUT2D eigenvalue weighted by atomic mass is 9.89. The van der Waals surface area contributed by atoms with Crippen LogP contribution in [0.1, 0.15) is 96.5 Å². The van der Waals surface area contributed by atoms with Crippen molar-refractivity contribution in [3.8, 4) is 0 Å². The zero-order valence-electron chi connectivity index (χ0n) is 15.5. The summed E-state index contributed by atoms with van der Waals surface area (Å²) in [4.78, 5) is 0. The van der Waals surface area contributed by atoms with E-state index >= 15 is 0 Å². The van der Waals surface area contributed by atoms with E-state index in [-0.39, 0.29) is 0 Å². The lowest BCUT2D eigenvalue weighted by Gasteiger charge is -2.17. The third-order valence-electron chi connectivity index (χ3n) is 4.87. The van der Waals surface area contributed by atoms with E-state index < -0.39 is 0 Å². The number of halogens is 1. The predicted octanol–water partition coefficient (Wildman–Crippen LogP) is 8.17. The van der Waals surface area contributed by atoms with Crippen LogP contribution < -0.4 is 0 Å². The summed E-state index contributed by atoms with van der Waals surface area (Å²) in [7, 11) is 0. The molecule has 0 amide bonds. The van der Waals surface area contributed by atoms with Crippen LogP contribution in [0.25, 0.3) is 0 Å². The molecule has 1 unspecified atom stereocenters. The molecule has 0 fully saturated rings. The Kier molecular flexibility index (Phi) is 13.1. The molecule has 1 aromatic carbocycles. The number of unbranched alkanes of at least 4 members (excludes halogenated alkanes) is 8. The fourth-order valence-electron chi connectivity index (χ4n) is 3.38. The standard InChI is InChI=1S/C22H37I/c1-3-5-7-9-10-12-14-20(13-11-8-6-4-2)19-21-15-17-22(23)18-16-21/h15-18,20H,3-14,19H2,1-2H3. The average molecular weight is 428 g/mol. The quantitative estimate of drug-likeness (QED) is 0.207. The van der Waals surface area contributed by atoms with E-state index in [9.17, 15) is 0 Å². The minimum absolute atomic E-state index is 0.901. The van der Waals surface area contributed by atoms with Gasteiger partial charge in [-0.15, -0.1) is 0 Å². The van der Waals surface area contributed by atoms with E-state index in [1.165, 1.54) is 92.6 Å². The smallest absolute Gasteiger partial charge is 0.0130 e. The minimum Gasteiger partial charge on any atom is -0.0654 e. The van der Waals surface area contributed by atoms with Gasteiger partial charge in [-0.05, 0) is 52.6 Å². The normalized spacial score (nSPS) is 12.5. The highest BCUT2D eigenvalue weighted by Crippen LogP contribution is 2.23. The van der Waals surface area contributed by atoms with Crippen molar-refractivity contribution < 1.29 is 0 Å². The molecule has 0 heterocycles. The van der Waals surface area contributed by atoms with Gasteiger partial charge in [-0.3, -0.25) is 0 Å². The molecule has 0 bridgehead atoms. The van der Waals surface area contributed by atoms with Crippen molar-refractivity contribution in [3.63, 3.8) is 0 Å². The maximum absolute atomic E-state index is 2.40. The fraction of sp³-hybridized carbons (Fsp3) is 0.727. The number of hydrogen-bond donors (Lipinski definition) is 0. The Hall–Kier alpha value is -0.0500. The summed E-state index contributed by atoms with van der Waals surface area (Å²) in [6.07, 6.45) is 18.3. The van der Waals surface area contributed by atoms with E-state index in [0.29, 0.717) is 0 Å². The van der Waals surface area contributed by atoms with Crippen molar-refractivity contribution in [2.45, 2.75) is 97.3 Å². The Labute approximate surface area is 159 Å². The van der Waals surface area contributed by atoms with Gasteiger partial charge in [0.05, 0.1) is 0 Å². The molecule has 0 aromatic heterocycles. The number of rotatable bonds is 14. The number of benzene rings is 1. The van der Waals surface area contributed by atoms with Crippen LogP contribution in [0.15, 0.2) is 24.3 Å². The Bertz CT molecular complexity index is 368. The lowest BCUT2D eigenvalue weighted by Crippen LogP contribution is -2.05. The molecule has 0 radical (unpaired) electrons. The Morgan fingerprint density at radius 3 is 1.74 bits per heavy atom. The summed E-state index contributed by atoms with van der Waals surface area (Å²) in [5.74, 6) is 0.901. The van der Waals surface area contributed by atoms with Crippen LogP contribution >= 0.6 is 22.6 Å². The first-order valence-corrected chi connectivity index (χ1v) is 11.1. The highest BCUT2D eigenvalue weighted by molar-refractivity contribution is 14.1. The van der Waals surface area contributed by atoms with Crippen molar-refractivity contribution in [1.82, 2.24) is 0 Å². The number of hydrogen-bond acceptors (Lipinski definition) is 0. The molecule has 0 aliphatic heterocycles. The molecule has 0 saturated carbocycles. The predicted molar refractivity (Wildman–Crippen MR) is 113 cm³/mol. The molecule has 23 heavy (non-hydrogen) atoms. The summed E-state index contributed by atoms with van der Waals surface area (Å²) < 4.78 is 1.35. The first kappa shape index (κ1) is 21.0. The molecule has 0 aliphatic rings. The lowest BCUT2D eigenvalue weighted by molar-refractivity contribution is 0.402. The summed E-state index contributed by atoms with van der Waals surface area (Å²) in [6.45, 7) is 4.60. The Morgan fingerprint density at radius 1 is 0.696 bits per heavy atom. The van der Waals surface area contributed by atoms with E-state index in [1.54, 1.807) is 0 Å². The van der Waals surface area contributed by atoms with Crippen molar-refractivity contribution in [2.24, 2.45) is 5.92 Å². The van der Waals surface area contributed by atoms with Crippen LogP contribution in [0, 0.1) is 9.49 Å². The van der Waals surface area contributed by atoms with Crippen molar-refractivity contribution in [3.05, 3.63) is 33.4 Å². The summed E-state index contributed by atoms with van der Waals surface area (Å²) in [5, 5.41) is 0. The van der Waals surface area contributed by atoms with Crippen LogP contribution in [0.2, 0.25) is 0 Å². The Balaban J connectivity index is 2.33. The maximum atomic E-state index is 2.40. The van der Waals surface area contributed by atoms with Crippen LogP contribution in [0.3, 0.4) is 0 Å². The van der Waals surface area contributed by atoms with Gasteiger partial charge in [0.15, 0.2) is 0 Å². The molecule has 1 rings (SSSR count). The maximum Gasteiger partial charge on any atom is 0.0130 e. The van der Waals surface area contributed by atoms with E-state index in [4.69, 9.17) is 0 Å². The Morgan fingerprint density at radius 2 is 1.17 bits per heavy atom. The van der Waals surface area contributed by atoms with Crippen molar-refractivity contribution >= 4 is 22.6 Å². The second kappa shape index (κ2) is 14.3. The van der Waals surface area contributed by atoms with Crippen LogP contribution in [-0.4, -0.2) is 0 Å². The zero-order chi connectivity index (χ0) is 16.8. The summed E-state index contributed by atoms with van der Waals surface area (Å²) >= 11 is 2.40. The van der Waals surface area contributed by atoms with Gasteiger partial charge in [0, 0.05) is 3.57 Å². The van der Waals surface area contributed by atoms with Crippen LogP contribution in [0.5, 0.6) is 0 Å².